The lowest BCUT2D eigenvalue weighted by Gasteiger charge is -2.16. The lowest BCUT2D eigenvalue weighted by molar-refractivity contribution is 0.462. The molecule has 0 amide bonds. The van der Waals surface area contributed by atoms with Crippen LogP contribution in [0.4, 0.5) is 0 Å². The van der Waals surface area contributed by atoms with E-state index in [2.05, 4.69) is 0 Å². The second-order valence-corrected chi connectivity index (χ2v) is 8.19. The standard InChI is InChI=1S/C9H13Cl2NO2S2/c1-7(10)5-6-12(2)16(13,14)9-4-3-8(11)15-9/h3-4,7H,5-6H2,1-2H3. The molecule has 0 spiro atoms. The predicted octanol–water partition coefficient (Wildman–Crippen LogP) is 3.04. The highest BCUT2D eigenvalue weighted by atomic mass is 35.5. The average molecular weight is 302 g/mol. The lowest BCUT2D eigenvalue weighted by atomic mass is 10.3. The van der Waals surface area contributed by atoms with Crippen molar-refractivity contribution in [2.45, 2.75) is 22.9 Å². The number of rotatable bonds is 5. The summed E-state index contributed by atoms with van der Waals surface area (Å²) < 4.78 is 26.0. The first-order valence-corrected chi connectivity index (χ1v) is 7.77. The number of hydrogen-bond donors (Lipinski definition) is 0. The highest BCUT2D eigenvalue weighted by Crippen LogP contribution is 2.27. The van der Waals surface area contributed by atoms with E-state index in [0.717, 1.165) is 11.3 Å². The molecule has 1 atom stereocenters. The monoisotopic (exact) mass is 301 g/mol. The van der Waals surface area contributed by atoms with E-state index in [1.165, 1.54) is 10.4 Å². The summed E-state index contributed by atoms with van der Waals surface area (Å²) in [5.74, 6) is 0. The van der Waals surface area contributed by atoms with E-state index >= 15 is 0 Å². The topological polar surface area (TPSA) is 37.4 Å². The van der Waals surface area contributed by atoms with Crippen LogP contribution in [0, 0.1) is 0 Å². The van der Waals surface area contributed by atoms with Gasteiger partial charge in [-0.2, -0.15) is 0 Å². The molecule has 1 aromatic rings. The minimum atomic E-state index is -3.41. The Morgan fingerprint density at radius 2 is 2.12 bits per heavy atom. The van der Waals surface area contributed by atoms with E-state index < -0.39 is 10.0 Å². The highest BCUT2D eigenvalue weighted by molar-refractivity contribution is 7.91. The van der Waals surface area contributed by atoms with Gasteiger partial charge in [0.1, 0.15) is 4.21 Å². The van der Waals surface area contributed by atoms with Gasteiger partial charge >= 0.3 is 0 Å². The maximum absolute atomic E-state index is 12.0. The number of hydrogen-bond acceptors (Lipinski definition) is 3. The molecule has 0 saturated heterocycles. The lowest BCUT2D eigenvalue weighted by Crippen LogP contribution is -2.28. The van der Waals surface area contributed by atoms with Crippen LogP contribution in [0.5, 0.6) is 0 Å². The van der Waals surface area contributed by atoms with Gasteiger partial charge in [0.2, 0.25) is 0 Å². The Labute approximate surface area is 110 Å². The van der Waals surface area contributed by atoms with E-state index in [1.54, 1.807) is 13.1 Å². The van der Waals surface area contributed by atoms with Crippen molar-refractivity contribution < 1.29 is 8.42 Å². The fourth-order valence-corrected chi connectivity index (χ4v) is 4.05. The molecule has 1 unspecified atom stereocenters. The summed E-state index contributed by atoms with van der Waals surface area (Å²) in [5.41, 5.74) is 0. The molecule has 0 bridgehead atoms. The van der Waals surface area contributed by atoms with Gasteiger partial charge in [0, 0.05) is 19.0 Å². The third-order valence-electron chi connectivity index (χ3n) is 2.05. The molecule has 0 radical (unpaired) electrons. The first-order chi connectivity index (χ1) is 7.34. The van der Waals surface area contributed by atoms with E-state index in [-0.39, 0.29) is 9.59 Å². The largest absolute Gasteiger partial charge is 0.252 e. The van der Waals surface area contributed by atoms with Crippen LogP contribution in [0.1, 0.15) is 13.3 Å². The van der Waals surface area contributed by atoms with Crippen LogP contribution >= 0.6 is 34.5 Å². The number of alkyl halides is 1. The van der Waals surface area contributed by atoms with Crippen LogP contribution in [-0.4, -0.2) is 31.7 Å². The first-order valence-electron chi connectivity index (χ1n) is 4.70. The summed E-state index contributed by atoms with van der Waals surface area (Å²) >= 11 is 12.6. The van der Waals surface area contributed by atoms with Crippen LogP contribution in [0.3, 0.4) is 0 Å². The zero-order valence-electron chi connectivity index (χ0n) is 8.98. The molecule has 0 fully saturated rings. The highest BCUT2D eigenvalue weighted by Gasteiger charge is 2.22. The van der Waals surface area contributed by atoms with Crippen molar-refractivity contribution in [2.75, 3.05) is 13.6 Å². The maximum Gasteiger partial charge on any atom is 0.252 e. The minimum absolute atomic E-state index is 0.0374. The molecule has 0 saturated carbocycles. The molecule has 0 aliphatic carbocycles. The van der Waals surface area contributed by atoms with Gasteiger partial charge in [-0.25, -0.2) is 12.7 Å². The van der Waals surface area contributed by atoms with Gasteiger partial charge < -0.3 is 0 Å². The second-order valence-electron chi connectivity index (χ2n) is 3.45. The smallest absolute Gasteiger partial charge is 0.206 e. The Morgan fingerprint density at radius 1 is 1.50 bits per heavy atom. The van der Waals surface area contributed by atoms with Gasteiger partial charge in [0.15, 0.2) is 0 Å². The Balaban J connectivity index is 2.78. The third-order valence-corrected chi connectivity index (χ3v) is 5.83. The Hall–Kier alpha value is 0.190. The van der Waals surface area contributed by atoms with Gasteiger partial charge in [0.05, 0.1) is 4.34 Å². The minimum Gasteiger partial charge on any atom is -0.206 e. The number of sulfonamides is 1. The second kappa shape index (κ2) is 5.69. The molecule has 92 valence electrons. The van der Waals surface area contributed by atoms with Crippen LogP contribution in [0.2, 0.25) is 4.34 Å². The van der Waals surface area contributed by atoms with Crippen LogP contribution in [0.15, 0.2) is 16.3 Å². The van der Waals surface area contributed by atoms with Crippen molar-refractivity contribution in [2.24, 2.45) is 0 Å². The molecule has 7 heteroatoms. The predicted molar refractivity (Wildman–Crippen MR) is 69.1 cm³/mol. The van der Waals surface area contributed by atoms with Crippen molar-refractivity contribution in [3.8, 4) is 0 Å². The summed E-state index contributed by atoms with van der Waals surface area (Å²) in [6.45, 7) is 2.24. The van der Waals surface area contributed by atoms with E-state index in [1.807, 2.05) is 6.92 Å². The summed E-state index contributed by atoms with van der Waals surface area (Å²) in [5, 5.41) is -0.0374. The average Bonchev–Trinajstić information content (AvgIpc) is 2.61. The molecule has 16 heavy (non-hydrogen) atoms. The number of nitrogens with zero attached hydrogens (tertiary/aromatic N) is 1. The summed E-state index contributed by atoms with van der Waals surface area (Å²) in [7, 11) is -1.86. The Bertz CT molecular complexity index is 442. The summed E-state index contributed by atoms with van der Waals surface area (Å²) in [6.07, 6.45) is 0.621. The van der Waals surface area contributed by atoms with Gasteiger partial charge in [-0.1, -0.05) is 11.6 Å². The van der Waals surface area contributed by atoms with Crippen molar-refractivity contribution in [3.63, 3.8) is 0 Å². The zero-order valence-corrected chi connectivity index (χ0v) is 12.1. The quantitative estimate of drug-likeness (QED) is 0.784. The van der Waals surface area contributed by atoms with Crippen molar-refractivity contribution in [1.82, 2.24) is 4.31 Å². The van der Waals surface area contributed by atoms with E-state index in [9.17, 15) is 8.42 Å². The molecule has 0 aromatic carbocycles. The molecule has 3 nitrogen and oxygen atoms in total. The first kappa shape index (κ1) is 14.3. The zero-order chi connectivity index (χ0) is 12.3. The van der Waals surface area contributed by atoms with Gasteiger partial charge in [-0.05, 0) is 25.5 Å². The molecule has 1 rings (SSSR count). The number of thiophene rings is 1. The molecular weight excluding hydrogens is 289 g/mol. The maximum atomic E-state index is 12.0. The van der Waals surface area contributed by atoms with Crippen LogP contribution in [0.25, 0.3) is 0 Å². The molecule has 0 aliphatic heterocycles. The van der Waals surface area contributed by atoms with E-state index in [0.29, 0.717) is 17.3 Å². The summed E-state index contributed by atoms with van der Waals surface area (Å²) in [4.78, 5) is 0. The Kier molecular flexibility index (Phi) is 5.07. The SMILES string of the molecule is CC(Cl)CCN(C)S(=O)(=O)c1ccc(Cl)s1. The third kappa shape index (κ3) is 3.60. The number of halogens is 2. The van der Waals surface area contributed by atoms with Crippen molar-refractivity contribution in [3.05, 3.63) is 16.5 Å². The molecule has 0 N–H and O–H groups in total. The van der Waals surface area contributed by atoms with Crippen LogP contribution in [-0.2, 0) is 10.0 Å². The molecular formula is C9H13Cl2NO2S2. The fraction of sp³-hybridized carbons (Fsp3) is 0.556. The van der Waals surface area contributed by atoms with Crippen LogP contribution < -0.4 is 0 Å². The van der Waals surface area contributed by atoms with Gasteiger partial charge in [-0.15, -0.1) is 22.9 Å². The molecule has 1 heterocycles. The fourth-order valence-electron chi connectivity index (χ4n) is 1.07. The van der Waals surface area contributed by atoms with E-state index in [4.69, 9.17) is 23.2 Å². The molecule has 0 aliphatic rings. The summed E-state index contributed by atoms with van der Waals surface area (Å²) in [6, 6.07) is 3.10. The molecule has 1 aromatic heterocycles. The van der Waals surface area contributed by atoms with Gasteiger partial charge in [-0.3, -0.25) is 0 Å². The normalized spacial score (nSPS) is 14.3. The van der Waals surface area contributed by atoms with Crippen molar-refractivity contribution >= 4 is 44.6 Å². The van der Waals surface area contributed by atoms with Crippen molar-refractivity contribution in [1.29, 1.82) is 0 Å². The Morgan fingerprint density at radius 3 is 2.56 bits per heavy atom. The van der Waals surface area contributed by atoms with Gasteiger partial charge in [0.25, 0.3) is 10.0 Å².